The number of sulfonamides is 1. The Bertz CT molecular complexity index is 1480. The van der Waals surface area contributed by atoms with Gasteiger partial charge >= 0.3 is 0 Å². The van der Waals surface area contributed by atoms with Crippen LogP contribution >= 0.6 is 11.6 Å². The Balaban J connectivity index is 1.64. The summed E-state index contributed by atoms with van der Waals surface area (Å²) in [7, 11) is -2.62. The Morgan fingerprint density at radius 2 is 1.82 bits per heavy atom. The number of hydrogen-bond acceptors (Lipinski definition) is 6. The highest BCUT2D eigenvalue weighted by Gasteiger charge is 2.22. The highest BCUT2D eigenvalue weighted by Crippen LogP contribution is 2.32. The van der Waals surface area contributed by atoms with Gasteiger partial charge in [0.05, 0.1) is 23.4 Å². The van der Waals surface area contributed by atoms with Crippen molar-refractivity contribution in [2.45, 2.75) is 11.8 Å². The normalized spacial score (nSPS) is 11.4. The minimum atomic E-state index is -4.05. The van der Waals surface area contributed by atoms with Crippen molar-refractivity contribution in [1.82, 2.24) is 0 Å². The summed E-state index contributed by atoms with van der Waals surface area (Å²) in [5.74, 6) is -0.598. The third-order valence-electron chi connectivity index (χ3n) is 4.98. The second kappa shape index (κ2) is 8.68. The molecule has 1 amide bonds. The van der Waals surface area contributed by atoms with Crippen molar-refractivity contribution in [1.29, 1.82) is 0 Å². The number of aromatic hydroxyl groups is 1. The molecule has 3 aromatic carbocycles. The highest BCUT2D eigenvalue weighted by molar-refractivity contribution is 7.92. The number of phenols is 1. The summed E-state index contributed by atoms with van der Waals surface area (Å²) < 4.78 is 39.0. The number of benzene rings is 3. The summed E-state index contributed by atoms with van der Waals surface area (Å²) in [5.41, 5.74) is 1.19. The number of fused-ring (bicyclic) bond motifs is 1. The van der Waals surface area contributed by atoms with Crippen LogP contribution in [0.4, 0.5) is 11.4 Å². The number of phenolic OH excluding ortho intramolecular Hbond substituents is 1. The Hall–Kier alpha value is -3.69. The van der Waals surface area contributed by atoms with Crippen LogP contribution in [0.5, 0.6) is 11.5 Å². The number of carbonyl (C=O) groups excluding carboxylic acids is 1. The first-order chi connectivity index (χ1) is 15.7. The van der Waals surface area contributed by atoms with Gasteiger partial charge in [-0.1, -0.05) is 23.7 Å². The van der Waals surface area contributed by atoms with Crippen LogP contribution in [0.1, 0.15) is 16.1 Å². The average Bonchev–Trinajstić information content (AvgIpc) is 3.11. The quantitative estimate of drug-likeness (QED) is 0.324. The van der Waals surface area contributed by atoms with Crippen molar-refractivity contribution in [2.75, 3.05) is 17.1 Å². The van der Waals surface area contributed by atoms with Gasteiger partial charge in [0.15, 0.2) is 5.76 Å². The Morgan fingerprint density at radius 3 is 2.58 bits per heavy atom. The van der Waals surface area contributed by atoms with Crippen molar-refractivity contribution in [3.63, 3.8) is 0 Å². The SMILES string of the molecule is COc1ccccc1NS(=O)(=O)c1ccc(O)c(NC(=O)c2oc3ccc(Cl)cc3c2C)c1. The lowest BCUT2D eigenvalue weighted by molar-refractivity contribution is 0.0997. The van der Waals surface area contributed by atoms with Gasteiger partial charge in [-0.2, -0.15) is 0 Å². The third kappa shape index (κ3) is 4.46. The number of nitrogens with one attached hydrogen (secondary N) is 2. The van der Waals surface area contributed by atoms with Gasteiger partial charge in [-0.3, -0.25) is 9.52 Å². The van der Waals surface area contributed by atoms with Gasteiger partial charge in [0.25, 0.3) is 15.9 Å². The molecule has 0 spiro atoms. The van der Waals surface area contributed by atoms with Gasteiger partial charge in [-0.15, -0.1) is 0 Å². The Labute approximate surface area is 194 Å². The van der Waals surface area contributed by atoms with E-state index in [1.165, 1.54) is 19.2 Å². The van der Waals surface area contributed by atoms with E-state index in [2.05, 4.69) is 10.0 Å². The molecule has 0 radical (unpaired) electrons. The average molecular weight is 487 g/mol. The molecule has 4 aromatic rings. The molecule has 0 fully saturated rings. The van der Waals surface area contributed by atoms with Gasteiger partial charge in [-0.05, 0) is 55.5 Å². The molecule has 33 heavy (non-hydrogen) atoms. The first-order valence-corrected chi connectivity index (χ1v) is 11.5. The first kappa shape index (κ1) is 22.5. The Kier molecular flexibility index (Phi) is 5.92. The van der Waals surface area contributed by atoms with E-state index in [-0.39, 0.29) is 27.8 Å². The first-order valence-electron chi connectivity index (χ1n) is 9.68. The van der Waals surface area contributed by atoms with E-state index in [1.807, 2.05) is 0 Å². The second-order valence-corrected chi connectivity index (χ2v) is 9.25. The van der Waals surface area contributed by atoms with Crippen molar-refractivity contribution in [2.24, 2.45) is 0 Å². The standard InChI is InChI=1S/C23H19ClN2O6S/c1-13-16-11-14(24)7-10-20(16)32-22(13)23(28)25-18-12-15(8-9-19(18)27)33(29,30)26-17-5-3-4-6-21(17)31-2/h3-12,26-27H,1-2H3,(H,25,28). The summed E-state index contributed by atoms with van der Waals surface area (Å²) in [6, 6.07) is 15.1. The number of aryl methyl sites for hydroxylation is 1. The molecule has 10 heteroatoms. The summed E-state index contributed by atoms with van der Waals surface area (Å²) >= 11 is 6.02. The second-order valence-electron chi connectivity index (χ2n) is 7.14. The maximum Gasteiger partial charge on any atom is 0.291 e. The van der Waals surface area contributed by atoms with Gasteiger partial charge in [0.1, 0.15) is 17.1 Å². The van der Waals surface area contributed by atoms with Crippen LogP contribution in [0.3, 0.4) is 0 Å². The molecular formula is C23H19ClN2O6S. The molecule has 0 bridgehead atoms. The number of halogens is 1. The minimum absolute atomic E-state index is 0.0204. The van der Waals surface area contributed by atoms with Gasteiger partial charge in [-0.25, -0.2) is 8.42 Å². The largest absolute Gasteiger partial charge is 0.506 e. The molecule has 0 unspecified atom stereocenters. The molecule has 8 nitrogen and oxygen atoms in total. The molecular weight excluding hydrogens is 468 g/mol. The van der Waals surface area contributed by atoms with E-state index in [0.29, 0.717) is 27.3 Å². The number of ether oxygens (including phenoxy) is 1. The smallest absolute Gasteiger partial charge is 0.291 e. The van der Waals surface area contributed by atoms with Gasteiger partial charge in [0.2, 0.25) is 0 Å². The van der Waals surface area contributed by atoms with E-state index in [1.54, 1.807) is 49.4 Å². The molecule has 0 saturated carbocycles. The van der Waals surface area contributed by atoms with Crippen LogP contribution in [-0.2, 0) is 10.0 Å². The lowest BCUT2D eigenvalue weighted by Gasteiger charge is -2.13. The molecule has 3 N–H and O–H groups in total. The van der Waals surface area contributed by atoms with Crippen LogP contribution in [-0.4, -0.2) is 26.5 Å². The number of furan rings is 1. The van der Waals surface area contributed by atoms with E-state index >= 15 is 0 Å². The molecule has 1 aromatic heterocycles. The molecule has 0 aliphatic heterocycles. The number of amides is 1. The molecule has 0 aliphatic rings. The molecule has 0 aliphatic carbocycles. The summed E-state index contributed by atoms with van der Waals surface area (Å²) in [5, 5.41) is 13.9. The van der Waals surface area contributed by atoms with Crippen molar-refractivity contribution in [3.05, 3.63) is 77.0 Å². The zero-order valence-electron chi connectivity index (χ0n) is 17.5. The summed E-state index contributed by atoms with van der Waals surface area (Å²) in [6.07, 6.45) is 0. The maximum absolute atomic E-state index is 12.9. The number of para-hydroxylation sites is 2. The van der Waals surface area contributed by atoms with E-state index in [0.717, 1.165) is 6.07 Å². The number of anilines is 2. The van der Waals surface area contributed by atoms with Gasteiger partial charge < -0.3 is 19.6 Å². The van der Waals surface area contributed by atoms with Crippen molar-refractivity contribution < 1.29 is 27.5 Å². The zero-order valence-corrected chi connectivity index (χ0v) is 19.1. The van der Waals surface area contributed by atoms with E-state index < -0.39 is 15.9 Å². The number of hydrogen-bond donors (Lipinski definition) is 3. The minimum Gasteiger partial charge on any atom is -0.506 e. The predicted octanol–water partition coefficient (Wildman–Crippen LogP) is 5.16. The fraction of sp³-hybridized carbons (Fsp3) is 0.0870. The number of rotatable bonds is 6. The van der Waals surface area contributed by atoms with Crippen LogP contribution in [0.15, 0.2) is 70.0 Å². The third-order valence-corrected chi connectivity index (χ3v) is 6.58. The number of carbonyl (C=O) groups is 1. The van der Waals surface area contributed by atoms with Crippen LogP contribution in [0, 0.1) is 6.92 Å². The van der Waals surface area contributed by atoms with Crippen molar-refractivity contribution >= 4 is 49.9 Å². The summed E-state index contributed by atoms with van der Waals surface area (Å²) in [6.45, 7) is 1.70. The fourth-order valence-electron chi connectivity index (χ4n) is 3.30. The molecule has 170 valence electrons. The molecule has 0 atom stereocenters. The van der Waals surface area contributed by atoms with Gasteiger partial charge in [0, 0.05) is 16.0 Å². The van der Waals surface area contributed by atoms with E-state index in [4.69, 9.17) is 20.8 Å². The lowest BCUT2D eigenvalue weighted by atomic mass is 10.1. The molecule has 4 rings (SSSR count). The lowest BCUT2D eigenvalue weighted by Crippen LogP contribution is -2.15. The fourth-order valence-corrected chi connectivity index (χ4v) is 4.57. The Morgan fingerprint density at radius 1 is 1.06 bits per heavy atom. The van der Waals surface area contributed by atoms with Crippen molar-refractivity contribution in [3.8, 4) is 11.5 Å². The maximum atomic E-state index is 12.9. The predicted molar refractivity (Wildman–Crippen MR) is 126 cm³/mol. The van der Waals surface area contributed by atoms with E-state index in [9.17, 15) is 18.3 Å². The monoisotopic (exact) mass is 486 g/mol. The highest BCUT2D eigenvalue weighted by atomic mass is 35.5. The zero-order chi connectivity index (χ0) is 23.8. The number of methoxy groups -OCH3 is 1. The topological polar surface area (TPSA) is 118 Å². The summed E-state index contributed by atoms with van der Waals surface area (Å²) in [4.78, 5) is 12.7. The van der Waals surface area contributed by atoms with Crippen LogP contribution in [0.25, 0.3) is 11.0 Å². The molecule has 1 heterocycles. The van der Waals surface area contributed by atoms with Crippen LogP contribution < -0.4 is 14.8 Å². The molecule has 0 saturated heterocycles. The van der Waals surface area contributed by atoms with Crippen LogP contribution in [0.2, 0.25) is 5.02 Å².